The molecule has 2 amide bonds. The van der Waals surface area contributed by atoms with E-state index in [1.54, 1.807) is 24.0 Å². The molecule has 0 saturated carbocycles. The van der Waals surface area contributed by atoms with Crippen LogP contribution in [0.2, 0.25) is 0 Å². The Labute approximate surface area is 105 Å². The molecule has 1 aromatic rings. The van der Waals surface area contributed by atoms with Crippen LogP contribution in [0.15, 0.2) is 12.4 Å². The molecule has 2 N–H and O–H groups in total. The number of hydrogen-bond donors (Lipinski definition) is 2. The van der Waals surface area contributed by atoms with Gasteiger partial charge in [-0.3, -0.25) is 9.48 Å². The summed E-state index contributed by atoms with van der Waals surface area (Å²) in [5.41, 5.74) is 0. The molecule has 0 unspecified atom stereocenters. The number of hydrogen-bond acceptors (Lipinski definition) is 5. The molecule has 18 heavy (non-hydrogen) atoms. The van der Waals surface area contributed by atoms with Crippen LogP contribution in [0.1, 0.15) is 13.3 Å². The van der Waals surface area contributed by atoms with Gasteiger partial charge in [-0.15, -0.1) is 5.10 Å². The van der Waals surface area contributed by atoms with Crippen molar-refractivity contribution in [3.63, 3.8) is 0 Å². The minimum Gasteiger partial charge on any atom is -0.465 e. The molecular weight excluding hydrogens is 238 g/mol. The normalized spacial score (nSPS) is 9.83. The van der Waals surface area contributed by atoms with E-state index in [1.807, 2.05) is 0 Å². The van der Waals surface area contributed by atoms with Crippen molar-refractivity contribution in [1.82, 2.24) is 25.6 Å². The van der Waals surface area contributed by atoms with Crippen LogP contribution in [-0.4, -0.2) is 46.7 Å². The summed E-state index contributed by atoms with van der Waals surface area (Å²) in [6.07, 6.45) is 4.08. The Morgan fingerprint density at radius 2 is 2.22 bits per heavy atom. The first-order valence-corrected chi connectivity index (χ1v) is 5.73. The third kappa shape index (κ3) is 5.83. The fourth-order valence-corrected chi connectivity index (χ4v) is 1.22. The number of aryl methyl sites for hydroxylation is 1. The Kier molecular flexibility index (Phi) is 6.23. The fourth-order valence-electron chi connectivity index (χ4n) is 1.22. The molecule has 0 fully saturated rings. The number of urea groups is 1. The summed E-state index contributed by atoms with van der Waals surface area (Å²) in [6, 6.07) is -0.387. The highest BCUT2D eigenvalue weighted by molar-refractivity contribution is 5.80. The Balaban J connectivity index is 2.01. The van der Waals surface area contributed by atoms with E-state index in [1.165, 1.54) is 0 Å². The maximum Gasteiger partial charge on any atom is 0.325 e. The molecule has 0 saturated heterocycles. The zero-order valence-electron chi connectivity index (χ0n) is 10.3. The second kappa shape index (κ2) is 8.04. The first kappa shape index (κ1) is 13.9. The molecule has 1 rings (SSSR count). The Hall–Kier alpha value is -2.12. The second-order valence-electron chi connectivity index (χ2n) is 3.43. The molecule has 0 radical (unpaired) electrons. The highest BCUT2D eigenvalue weighted by Crippen LogP contribution is 1.85. The number of carbonyl (C=O) groups is 2. The molecule has 8 heteroatoms. The minimum absolute atomic E-state index is 0.122. The van der Waals surface area contributed by atoms with E-state index >= 15 is 0 Å². The Morgan fingerprint density at radius 1 is 1.39 bits per heavy atom. The van der Waals surface area contributed by atoms with E-state index in [-0.39, 0.29) is 12.6 Å². The van der Waals surface area contributed by atoms with Crippen LogP contribution < -0.4 is 10.6 Å². The van der Waals surface area contributed by atoms with Gasteiger partial charge in [-0.2, -0.15) is 0 Å². The lowest BCUT2D eigenvalue weighted by Crippen LogP contribution is -2.39. The monoisotopic (exact) mass is 255 g/mol. The van der Waals surface area contributed by atoms with Gasteiger partial charge in [0, 0.05) is 19.3 Å². The molecule has 0 aliphatic carbocycles. The standard InChI is InChI=1S/C10H17N5O3/c1-2-18-9(16)8-12-10(17)11-4-3-6-15-7-5-13-14-15/h5,7H,2-4,6,8H2,1H3,(H2,11,12,17). The van der Waals surface area contributed by atoms with Crippen molar-refractivity contribution in [3.8, 4) is 0 Å². The van der Waals surface area contributed by atoms with E-state index in [0.29, 0.717) is 19.7 Å². The predicted octanol–water partition coefficient (Wildman–Crippen LogP) is -0.469. The lowest BCUT2D eigenvalue weighted by atomic mass is 10.4. The van der Waals surface area contributed by atoms with Crippen LogP contribution in [0.25, 0.3) is 0 Å². The number of nitrogens with one attached hydrogen (secondary N) is 2. The van der Waals surface area contributed by atoms with Gasteiger partial charge in [-0.1, -0.05) is 5.21 Å². The van der Waals surface area contributed by atoms with Crippen LogP contribution >= 0.6 is 0 Å². The molecule has 100 valence electrons. The van der Waals surface area contributed by atoms with Crippen LogP contribution in [-0.2, 0) is 16.1 Å². The van der Waals surface area contributed by atoms with Crippen molar-refractivity contribution in [2.24, 2.45) is 0 Å². The van der Waals surface area contributed by atoms with E-state index in [0.717, 1.165) is 6.42 Å². The summed E-state index contributed by atoms with van der Waals surface area (Å²) >= 11 is 0. The van der Waals surface area contributed by atoms with Crippen molar-refractivity contribution < 1.29 is 14.3 Å². The number of carbonyl (C=O) groups excluding carboxylic acids is 2. The quantitative estimate of drug-likeness (QED) is 0.507. The Morgan fingerprint density at radius 3 is 2.89 bits per heavy atom. The zero-order valence-corrected chi connectivity index (χ0v) is 10.3. The third-order valence-electron chi connectivity index (χ3n) is 2.02. The number of nitrogens with zero attached hydrogens (tertiary/aromatic N) is 3. The van der Waals surface area contributed by atoms with Crippen LogP contribution in [0.3, 0.4) is 0 Å². The predicted molar refractivity (Wildman–Crippen MR) is 62.7 cm³/mol. The summed E-state index contributed by atoms with van der Waals surface area (Å²) in [7, 11) is 0. The summed E-state index contributed by atoms with van der Waals surface area (Å²) in [4.78, 5) is 22.2. The molecule has 0 atom stereocenters. The smallest absolute Gasteiger partial charge is 0.325 e. The van der Waals surface area contributed by atoms with Gasteiger partial charge in [0.05, 0.1) is 12.8 Å². The molecule has 0 aliphatic rings. The van der Waals surface area contributed by atoms with E-state index in [2.05, 4.69) is 25.7 Å². The molecule has 1 heterocycles. The first-order valence-electron chi connectivity index (χ1n) is 5.73. The van der Waals surface area contributed by atoms with Crippen molar-refractivity contribution in [1.29, 1.82) is 0 Å². The SMILES string of the molecule is CCOC(=O)CNC(=O)NCCCn1ccnn1. The highest BCUT2D eigenvalue weighted by Gasteiger charge is 2.04. The molecule has 0 bridgehead atoms. The maximum absolute atomic E-state index is 11.2. The summed E-state index contributed by atoms with van der Waals surface area (Å²) < 4.78 is 6.35. The molecular formula is C10H17N5O3. The van der Waals surface area contributed by atoms with Crippen molar-refractivity contribution in [2.45, 2.75) is 19.9 Å². The van der Waals surface area contributed by atoms with Crippen molar-refractivity contribution >= 4 is 12.0 Å². The second-order valence-corrected chi connectivity index (χ2v) is 3.43. The largest absolute Gasteiger partial charge is 0.465 e. The van der Waals surface area contributed by atoms with Gasteiger partial charge in [0.15, 0.2) is 0 Å². The van der Waals surface area contributed by atoms with Gasteiger partial charge in [0.1, 0.15) is 6.54 Å². The molecule has 1 aromatic heterocycles. The van der Waals surface area contributed by atoms with Gasteiger partial charge in [-0.25, -0.2) is 4.79 Å². The lowest BCUT2D eigenvalue weighted by molar-refractivity contribution is -0.141. The van der Waals surface area contributed by atoms with Crippen LogP contribution in [0.5, 0.6) is 0 Å². The van der Waals surface area contributed by atoms with Crippen molar-refractivity contribution in [3.05, 3.63) is 12.4 Å². The highest BCUT2D eigenvalue weighted by atomic mass is 16.5. The van der Waals surface area contributed by atoms with E-state index < -0.39 is 5.97 Å². The first-order chi connectivity index (χ1) is 8.72. The summed E-state index contributed by atoms with van der Waals surface area (Å²) in [6.45, 7) is 3.07. The third-order valence-corrected chi connectivity index (χ3v) is 2.02. The minimum atomic E-state index is -0.449. The van der Waals surface area contributed by atoms with Gasteiger partial charge in [-0.05, 0) is 13.3 Å². The Bertz CT molecular complexity index is 366. The maximum atomic E-state index is 11.2. The lowest BCUT2D eigenvalue weighted by Gasteiger charge is -2.07. The van der Waals surface area contributed by atoms with Crippen LogP contribution in [0, 0.1) is 0 Å². The van der Waals surface area contributed by atoms with Gasteiger partial charge >= 0.3 is 12.0 Å². The van der Waals surface area contributed by atoms with Crippen LogP contribution in [0.4, 0.5) is 4.79 Å². The number of esters is 1. The average molecular weight is 255 g/mol. The number of amides is 2. The number of rotatable bonds is 7. The number of aromatic nitrogens is 3. The van der Waals surface area contributed by atoms with Gasteiger partial charge in [0.25, 0.3) is 0 Å². The van der Waals surface area contributed by atoms with Gasteiger partial charge < -0.3 is 15.4 Å². The molecule has 0 aromatic carbocycles. The topological polar surface area (TPSA) is 98.1 Å². The number of ether oxygens (including phenoxy) is 1. The zero-order chi connectivity index (χ0) is 13.2. The van der Waals surface area contributed by atoms with E-state index in [9.17, 15) is 9.59 Å². The molecule has 8 nitrogen and oxygen atoms in total. The molecule has 0 aliphatic heterocycles. The fraction of sp³-hybridized carbons (Fsp3) is 0.600. The summed E-state index contributed by atoms with van der Waals surface area (Å²) in [5.74, 6) is -0.449. The summed E-state index contributed by atoms with van der Waals surface area (Å²) in [5, 5.41) is 12.5. The van der Waals surface area contributed by atoms with Crippen molar-refractivity contribution in [2.75, 3.05) is 19.7 Å². The van der Waals surface area contributed by atoms with Gasteiger partial charge in [0.2, 0.25) is 0 Å². The average Bonchev–Trinajstić information content (AvgIpc) is 2.85. The van der Waals surface area contributed by atoms with E-state index in [4.69, 9.17) is 0 Å². The molecule has 0 spiro atoms.